The molecule has 1 atom stereocenters. The number of hydrogen-bond acceptors (Lipinski definition) is 4. The Hall–Kier alpha value is -0.400. The van der Waals surface area contributed by atoms with Crippen LogP contribution in [0.15, 0.2) is 22.7 Å². The van der Waals surface area contributed by atoms with E-state index in [9.17, 15) is 10.1 Å². The predicted octanol–water partition coefficient (Wildman–Crippen LogP) is 3.95. The molecule has 0 bridgehead atoms. The number of nitro benzene ring substituents is 1. The van der Waals surface area contributed by atoms with Crippen molar-refractivity contribution in [1.29, 1.82) is 0 Å². The third-order valence-electron chi connectivity index (χ3n) is 3.71. The van der Waals surface area contributed by atoms with E-state index in [4.69, 9.17) is 0 Å². The molecule has 1 fully saturated rings. The summed E-state index contributed by atoms with van der Waals surface area (Å²) in [5.41, 5.74) is 1.20. The summed E-state index contributed by atoms with van der Waals surface area (Å²) < 4.78 is 0.543. The van der Waals surface area contributed by atoms with Gasteiger partial charge in [-0.1, -0.05) is 19.4 Å². The Morgan fingerprint density at radius 3 is 2.55 bits per heavy atom. The molecule has 0 spiro atoms. The standard InChI is InChI=1S/C14H20BrN3O2.2ClH/c1-2-3-13(17-8-6-16-7-9-17)11-4-5-12(15)14(10-11)18(19)20;;/h4-5,10,13,16H,2-3,6-9H2,1H3;2*1H/t13-;;/m0../s1. The topological polar surface area (TPSA) is 58.4 Å². The van der Waals surface area contributed by atoms with E-state index in [2.05, 4.69) is 33.1 Å². The number of piperazine rings is 1. The monoisotopic (exact) mass is 413 g/mol. The maximum Gasteiger partial charge on any atom is 0.283 e. The van der Waals surface area contributed by atoms with E-state index in [1.807, 2.05) is 6.07 Å². The first-order valence-corrected chi connectivity index (χ1v) is 7.81. The minimum atomic E-state index is -0.325. The molecule has 8 heteroatoms. The maximum absolute atomic E-state index is 11.1. The highest BCUT2D eigenvalue weighted by Crippen LogP contribution is 2.32. The summed E-state index contributed by atoms with van der Waals surface area (Å²) in [6, 6.07) is 5.78. The van der Waals surface area contributed by atoms with Crippen molar-refractivity contribution in [2.45, 2.75) is 25.8 Å². The molecule has 2 rings (SSSR count). The van der Waals surface area contributed by atoms with Crippen LogP contribution >= 0.6 is 40.7 Å². The van der Waals surface area contributed by atoms with Gasteiger partial charge in [-0.15, -0.1) is 24.8 Å². The Labute approximate surface area is 151 Å². The van der Waals surface area contributed by atoms with Gasteiger partial charge in [-0.05, 0) is 34.0 Å². The lowest BCUT2D eigenvalue weighted by Gasteiger charge is -2.35. The summed E-state index contributed by atoms with van der Waals surface area (Å²) >= 11 is 3.25. The van der Waals surface area contributed by atoms with Crippen molar-refractivity contribution < 1.29 is 4.92 Å². The fraction of sp³-hybridized carbons (Fsp3) is 0.571. The number of hydrogen-bond donors (Lipinski definition) is 1. The van der Waals surface area contributed by atoms with Gasteiger partial charge in [-0.3, -0.25) is 15.0 Å². The number of nitrogens with zero attached hydrogens (tertiary/aromatic N) is 2. The first-order chi connectivity index (χ1) is 9.63. The average molecular weight is 415 g/mol. The molecule has 5 nitrogen and oxygen atoms in total. The molecule has 1 aliphatic rings. The third-order valence-corrected chi connectivity index (χ3v) is 4.38. The van der Waals surface area contributed by atoms with Crippen LogP contribution in [0.1, 0.15) is 31.4 Å². The molecule has 1 aliphatic heterocycles. The van der Waals surface area contributed by atoms with Gasteiger partial charge in [0.2, 0.25) is 0 Å². The van der Waals surface area contributed by atoms with E-state index in [0.29, 0.717) is 4.47 Å². The van der Waals surface area contributed by atoms with Gasteiger partial charge >= 0.3 is 0 Å². The van der Waals surface area contributed by atoms with Crippen LogP contribution in [-0.2, 0) is 0 Å². The third kappa shape index (κ3) is 5.35. The number of rotatable bonds is 5. The summed E-state index contributed by atoms with van der Waals surface area (Å²) in [4.78, 5) is 13.2. The zero-order valence-electron chi connectivity index (χ0n) is 12.5. The van der Waals surface area contributed by atoms with Crippen molar-refractivity contribution in [3.05, 3.63) is 38.3 Å². The van der Waals surface area contributed by atoms with Crippen LogP contribution in [-0.4, -0.2) is 36.0 Å². The molecule has 1 aromatic carbocycles. The van der Waals surface area contributed by atoms with Crippen LogP contribution in [0.3, 0.4) is 0 Å². The van der Waals surface area contributed by atoms with Crippen LogP contribution in [0, 0.1) is 10.1 Å². The zero-order valence-corrected chi connectivity index (χ0v) is 15.7. The molecule has 0 unspecified atom stereocenters. The van der Waals surface area contributed by atoms with Crippen molar-refractivity contribution in [3.63, 3.8) is 0 Å². The van der Waals surface area contributed by atoms with Gasteiger partial charge in [-0.25, -0.2) is 0 Å². The van der Waals surface area contributed by atoms with Crippen molar-refractivity contribution in [1.82, 2.24) is 10.2 Å². The average Bonchev–Trinajstić information content (AvgIpc) is 2.46. The quantitative estimate of drug-likeness (QED) is 0.585. The van der Waals surface area contributed by atoms with Crippen LogP contribution in [0.4, 0.5) is 5.69 Å². The van der Waals surface area contributed by atoms with Gasteiger partial charge < -0.3 is 5.32 Å². The molecule has 0 aromatic heterocycles. The Kier molecular flexibility index (Phi) is 10.2. The molecule has 1 saturated heterocycles. The summed E-state index contributed by atoms with van der Waals surface area (Å²) in [7, 11) is 0. The number of halogens is 3. The second kappa shape index (κ2) is 10.4. The number of benzene rings is 1. The van der Waals surface area contributed by atoms with Crippen LogP contribution in [0.25, 0.3) is 0 Å². The number of nitro groups is 1. The molecule has 1 N–H and O–H groups in total. The SMILES string of the molecule is CCC[C@@H](c1ccc(Br)c([N+](=O)[O-])c1)N1CCNCC1.Cl.Cl. The van der Waals surface area contributed by atoms with Crippen LogP contribution in [0.5, 0.6) is 0 Å². The predicted molar refractivity (Wildman–Crippen MR) is 97.4 cm³/mol. The maximum atomic E-state index is 11.1. The molecule has 0 amide bonds. The highest BCUT2D eigenvalue weighted by molar-refractivity contribution is 9.10. The molecular weight excluding hydrogens is 393 g/mol. The summed E-state index contributed by atoms with van der Waals surface area (Å²) in [5.74, 6) is 0. The first-order valence-electron chi connectivity index (χ1n) is 7.02. The molecule has 1 aromatic rings. The highest BCUT2D eigenvalue weighted by Gasteiger charge is 2.23. The molecule has 126 valence electrons. The van der Waals surface area contributed by atoms with E-state index < -0.39 is 0 Å². The van der Waals surface area contributed by atoms with Gasteiger partial charge in [0, 0.05) is 38.3 Å². The molecule has 1 heterocycles. The Bertz CT molecular complexity index is 485. The smallest absolute Gasteiger partial charge is 0.283 e. The molecule has 0 aliphatic carbocycles. The lowest BCUT2D eigenvalue weighted by atomic mass is 9.99. The Balaban J connectivity index is 0.00000220. The van der Waals surface area contributed by atoms with Gasteiger partial charge in [0.1, 0.15) is 0 Å². The zero-order chi connectivity index (χ0) is 14.5. The summed E-state index contributed by atoms with van der Waals surface area (Å²) in [6.45, 7) is 6.11. The van der Waals surface area contributed by atoms with E-state index in [1.165, 1.54) is 0 Å². The highest BCUT2D eigenvalue weighted by atomic mass is 79.9. The summed E-state index contributed by atoms with van der Waals surface area (Å²) in [6.07, 6.45) is 2.09. The van der Waals surface area contributed by atoms with Crippen molar-refractivity contribution >= 4 is 46.4 Å². The van der Waals surface area contributed by atoms with Crippen molar-refractivity contribution in [2.75, 3.05) is 26.2 Å². The minimum Gasteiger partial charge on any atom is -0.314 e. The van der Waals surface area contributed by atoms with Crippen LogP contribution < -0.4 is 5.32 Å². The minimum absolute atomic E-state index is 0. The lowest BCUT2D eigenvalue weighted by Crippen LogP contribution is -2.45. The van der Waals surface area contributed by atoms with Gasteiger partial charge in [0.05, 0.1) is 9.40 Å². The number of nitrogens with one attached hydrogen (secondary N) is 1. The van der Waals surface area contributed by atoms with Gasteiger partial charge in [0.15, 0.2) is 0 Å². The van der Waals surface area contributed by atoms with Gasteiger partial charge in [0.25, 0.3) is 5.69 Å². The van der Waals surface area contributed by atoms with E-state index in [1.54, 1.807) is 12.1 Å². The van der Waals surface area contributed by atoms with Crippen molar-refractivity contribution in [3.8, 4) is 0 Å². The van der Waals surface area contributed by atoms with E-state index in [0.717, 1.165) is 44.6 Å². The molecule has 0 saturated carbocycles. The second-order valence-electron chi connectivity index (χ2n) is 5.06. The summed E-state index contributed by atoms with van der Waals surface area (Å²) in [5, 5.41) is 14.4. The first kappa shape index (κ1) is 21.6. The largest absolute Gasteiger partial charge is 0.314 e. The van der Waals surface area contributed by atoms with Crippen LogP contribution in [0.2, 0.25) is 0 Å². The van der Waals surface area contributed by atoms with Gasteiger partial charge in [-0.2, -0.15) is 0 Å². The lowest BCUT2D eigenvalue weighted by molar-refractivity contribution is -0.385. The van der Waals surface area contributed by atoms with E-state index in [-0.39, 0.29) is 41.5 Å². The Morgan fingerprint density at radius 1 is 1.36 bits per heavy atom. The van der Waals surface area contributed by atoms with Crippen molar-refractivity contribution in [2.24, 2.45) is 0 Å². The Morgan fingerprint density at radius 2 is 2.00 bits per heavy atom. The van der Waals surface area contributed by atoms with E-state index >= 15 is 0 Å². The normalized spacial score (nSPS) is 16.3. The fourth-order valence-electron chi connectivity index (χ4n) is 2.70. The molecule has 22 heavy (non-hydrogen) atoms. The molecule has 0 radical (unpaired) electrons. The second-order valence-corrected chi connectivity index (χ2v) is 5.91. The fourth-order valence-corrected chi connectivity index (χ4v) is 3.10. The molecular formula is C14H22BrCl2N3O2.